The Hall–Kier alpha value is -1.92. The van der Waals surface area contributed by atoms with Crippen molar-refractivity contribution >= 4 is 27.9 Å². The number of aromatic nitrogens is 1. The second-order valence-electron chi connectivity index (χ2n) is 5.59. The predicted molar refractivity (Wildman–Crippen MR) is 92.3 cm³/mol. The van der Waals surface area contributed by atoms with Gasteiger partial charge in [0.15, 0.2) is 5.69 Å². The number of hydrogen-bond acceptors (Lipinski definition) is 5. The Morgan fingerprint density at radius 1 is 1.43 bits per heavy atom. The highest BCUT2D eigenvalue weighted by Gasteiger charge is 2.29. The monoisotopic (exact) mass is 331 g/mol. The molecule has 2 heterocycles. The van der Waals surface area contributed by atoms with Gasteiger partial charge in [-0.1, -0.05) is 18.2 Å². The third kappa shape index (κ3) is 3.89. The van der Waals surface area contributed by atoms with E-state index in [1.807, 2.05) is 42.2 Å². The number of carbonyl (C=O) groups excluding carboxylic acids is 1. The van der Waals surface area contributed by atoms with Crippen molar-refractivity contribution in [3.05, 3.63) is 41.5 Å². The largest absolute Gasteiger partial charge is 0.381 e. The molecule has 1 N–H and O–H groups in total. The zero-order valence-corrected chi connectivity index (χ0v) is 14.0. The van der Waals surface area contributed by atoms with Crippen LogP contribution in [0.25, 0.3) is 0 Å². The molecule has 1 aliphatic rings. The van der Waals surface area contributed by atoms with Crippen LogP contribution in [0.1, 0.15) is 23.8 Å². The summed E-state index contributed by atoms with van der Waals surface area (Å²) in [6.07, 6.45) is 0.997. The van der Waals surface area contributed by atoms with E-state index in [-0.39, 0.29) is 5.91 Å². The smallest absolute Gasteiger partial charge is 0.275 e. The highest BCUT2D eigenvalue weighted by Crippen LogP contribution is 2.27. The highest BCUT2D eigenvalue weighted by atomic mass is 32.1. The SMILES string of the molecule is CCOCC1CCN(C(=O)c2ncsc2Nc2ccccc2)C1. The average molecular weight is 331 g/mol. The highest BCUT2D eigenvalue weighted by molar-refractivity contribution is 7.14. The summed E-state index contributed by atoms with van der Waals surface area (Å²) >= 11 is 1.45. The van der Waals surface area contributed by atoms with E-state index < -0.39 is 0 Å². The Balaban J connectivity index is 1.66. The fourth-order valence-electron chi connectivity index (χ4n) is 2.73. The Morgan fingerprint density at radius 3 is 3.04 bits per heavy atom. The number of para-hydroxylation sites is 1. The number of nitrogens with zero attached hydrogens (tertiary/aromatic N) is 2. The molecule has 1 unspecified atom stereocenters. The molecular formula is C17H21N3O2S. The molecule has 0 radical (unpaired) electrons. The molecule has 1 aromatic carbocycles. The minimum Gasteiger partial charge on any atom is -0.381 e. The Labute approximate surface area is 140 Å². The van der Waals surface area contributed by atoms with Crippen LogP contribution in [0.2, 0.25) is 0 Å². The summed E-state index contributed by atoms with van der Waals surface area (Å²) in [5.41, 5.74) is 3.18. The van der Waals surface area contributed by atoms with E-state index in [0.717, 1.165) is 43.4 Å². The van der Waals surface area contributed by atoms with Gasteiger partial charge in [-0.25, -0.2) is 4.98 Å². The quantitative estimate of drug-likeness (QED) is 0.881. The van der Waals surface area contributed by atoms with Crippen LogP contribution >= 0.6 is 11.3 Å². The van der Waals surface area contributed by atoms with Gasteiger partial charge in [0.05, 0.1) is 12.1 Å². The van der Waals surface area contributed by atoms with Gasteiger partial charge >= 0.3 is 0 Å². The fourth-order valence-corrected chi connectivity index (χ4v) is 3.42. The summed E-state index contributed by atoms with van der Waals surface area (Å²) in [6.45, 7) is 4.98. The Kier molecular flexibility index (Phi) is 5.25. The van der Waals surface area contributed by atoms with Gasteiger partial charge in [0.2, 0.25) is 0 Å². The number of hydrogen-bond donors (Lipinski definition) is 1. The summed E-state index contributed by atoms with van der Waals surface area (Å²) in [4.78, 5) is 18.9. The second kappa shape index (κ2) is 7.57. The first-order chi connectivity index (χ1) is 11.3. The zero-order valence-electron chi connectivity index (χ0n) is 13.2. The number of carbonyl (C=O) groups is 1. The molecule has 1 saturated heterocycles. The van der Waals surface area contributed by atoms with Gasteiger partial charge in [0.1, 0.15) is 5.00 Å². The minimum atomic E-state index is 0.00341. The zero-order chi connectivity index (χ0) is 16.1. The van der Waals surface area contributed by atoms with Crippen LogP contribution < -0.4 is 5.32 Å². The number of amides is 1. The molecule has 0 aliphatic carbocycles. The van der Waals surface area contributed by atoms with Crippen molar-refractivity contribution in [3.8, 4) is 0 Å². The summed E-state index contributed by atoms with van der Waals surface area (Å²) in [7, 11) is 0. The number of ether oxygens (including phenoxy) is 1. The van der Waals surface area contributed by atoms with E-state index in [0.29, 0.717) is 11.6 Å². The number of rotatable bonds is 6. The van der Waals surface area contributed by atoms with Crippen LogP contribution in [-0.4, -0.2) is 42.1 Å². The van der Waals surface area contributed by atoms with E-state index in [2.05, 4.69) is 10.3 Å². The lowest BCUT2D eigenvalue weighted by Crippen LogP contribution is -2.30. The van der Waals surface area contributed by atoms with Crippen LogP contribution in [0, 0.1) is 5.92 Å². The van der Waals surface area contributed by atoms with E-state index in [1.165, 1.54) is 11.3 Å². The Morgan fingerprint density at radius 2 is 2.26 bits per heavy atom. The van der Waals surface area contributed by atoms with Crippen molar-refractivity contribution in [2.24, 2.45) is 5.92 Å². The maximum Gasteiger partial charge on any atom is 0.275 e. The molecule has 1 aromatic heterocycles. The lowest BCUT2D eigenvalue weighted by molar-refractivity contribution is 0.0759. The summed E-state index contributed by atoms with van der Waals surface area (Å²) in [5.74, 6) is 0.437. The average Bonchev–Trinajstić information content (AvgIpc) is 3.22. The lowest BCUT2D eigenvalue weighted by atomic mass is 10.1. The maximum atomic E-state index is 12.7. The van der Waals surface area contributed by atoms with Gasteiger partial charge in [-0.2, -0.15) is 0 Å². The van der Waals surface area contributed by atoms with Crippen molar-refractivity contribution in [1.29, 1.82) is 0 Å². The molecule has 0 spiro atoms. The molecule has 6 heteroatoms. The van der Waals surface area contributed by atoms with Gasteiger partial charge < -0.3 is 15.0 Å². The van der Waals surface area contributed by atoms with E-state index in [1.54, 1.807) is 5.51 Å². The predicted octanol–water partition coefficient (Wildman–Crippen LogP) is 3.39. The number of anilines is 2. The van der Waals surface area contributed by atoms with Gasteiger partial charge in [0, 0.05) is 31.3 Å². The molecule has 1 amide bonds. The molecule has 0 saturated carbocycles. The summed E-state index contributed by atoms with van der Waals surface area (Å²) < 4.78 is 5.48. The molecule has 23 heavy (non-hydrogen) atoms. The third-order valence-corrected chi connectivity index (χ3v) is 4.67. The first kappa shape index (κ1) is 16.0. The van der Waals surface area contributed by atoms with Crippen molar-refractivity contribution in [1.82, 2.24) is 9.88 Å². The standard InChI is InChI=1S/C17H21N3O2S/c1-2-22-11-13-8-9-20(10-13)17(21)15-16(23-12-18-15)19-14-6-4-3-5-7-14/h3-7,12-13,19H,2,8-11H2,1H3. The third-order valence-electron chi connectivity index (χ3n) is 3.93. The van der Waals surface area contributed by atoms with Crippen LogP contribution in [0.4, 0.5) is 10.7 Å². The van der Waals surface area contributed by atoms with Crippen LogP contribution in [0.3, 0.4) is 0 Å². The molecule has 3 rings (SSSR count). The molecule has 5 nitrogen and oxygen atoms in total. The van der Waals surface area contributed by atoms with Gasteiger partial charge in [-0.3, -0.25) is 4.79 Å². The number of nitrogens with one attached hydrogen (secondary N) is 1. The number of likely N-dealkylation sites (tertiary alicyclic amines) is 1. The van der Waals surface area contributed by atoms with Crippen molar-refractivity contribution in [2.75, 3.05) is 31.6 Å². The van der Waals surface area contributed by atoms with Crippen molar-refractivity contribution in [2.45, 2.75) is 13.3 Å². The topological polar surface area (TPSA) is 54.5 Å². The molecule has 1 aliphatic heterocycles. The van der Waals surface area contributed by atoms with Crippen molar-refractivity contribution in [3.63, 3.8) is 0 Å². The number of benzene rings is 1. The van der Waals surface area contributed by atoms with Crippen molar-refractivity contribution < 1.29 is 9.53 Å². The Bertz CT molecular complexity index is 644. The summed E-state index contributed by atoms with van der Waals surface area (Å²) in [6, 6.07) is 9.84. The van der Waals surface area contributed by atoms with E-state index in [4.69, 9.17) is 4.74 Å². The van der Waals surface area contributed by atoms with Gasteiger partial charge in [-0.15, -0.1) is 11.3 Å². The molecule has 1 atom stereocenters. The minimum absolute atomic E-state index is 0.00341. The first-order valence-electron chi connectivity index (χ1n) is 7.90. The molecule has 1 fully saturated rings. The normalized spacial score (nSPS) is 17.4. The van der Waals surface area contributed by atoms with Crippen LogP contribution in [0.5, 0.6) is 0 Å². The molecule has 2 aromatic rings. The maximum absolute atomic E-state index is 12.7. The van der Waals surface area contributed by atoms with Crippen LogP contribution in [-0.2, 0) is 4.74 Å². The fraction of sp³-hybridized carbons (Fsp3) is 0.412. The first-order valence-corrected chi connectivity index (χ1v) is 8.78. The second-order valence-corrected chi connectivity index (χ2v) is 6.44. The number of thiazole rings is 1. The van der Waals surface area contributed by atoms with E-state index in [9.17, 15) is 4.79 Å². The van der Waals surface area contributed by atoms with Crippen LogP contribution in [0.15, 0.2) is 35.8 Å². The van der Waals surface area contributed by atoms with Gasteiger partial charge in [0.25, 0.3) is 5.91 Å². The molecule has 122 valence electrons. The summed E-state index contributed by atoms with van der Waals surface area (Å²) in [5, 5.41) is 4.09. The molecular weight excluding hydrogens is 310 g/mol. The van der Waals surface area contributed by atoms with E-state index >= 15 is 0 Å². The lowest BCUT2D eigenvalue weighted by Gasteiger charge is -2.16. The van der Waals surface area contributed by atoms with Gasteiger partial charge in [-0.05, 0) is 25.5 Å². The molecule has 0 bridgehead atoms.